The number of hydrogen-bond donors (Lipinski definition) is 0. The Bertz CT molecular complexity index is 878. The number of carbonyl (C=O) groups is 2. The first kappa shape index (κ1) is 20.6. The average Bonchev–Trinajstić information content (AvgIpc) is 3.07. The molecule has 1 amide bonds. The molecule has 0 aromatic heterocycles. The first-order valence-electron chi connectivity index (χ1n) is 11.4. The van der Waals surface area contributed by atoms with E-state index in [4.69, 9.17) is 9.47 Å². The molecule has 1 saturated heterocycles. The van der Waals surface area contributed by atoms with Crippen LogP contribution in [0.2, 0.25) is 0 Å². The summed E-state index contributed by atoms with van der Waals surface area (Å²) in [6.07, 6.45) is 4.27. The molecule has 1 aromatic rings. The molecule has 2 fully saturated rings. The molecule has 6 nitrogen and oxygen atoms in total. The zero-order valence-corrected chi connectivity index (χ0v) is 17.7. The standard InChI is InChI=1S/C24H29FN2O4/c25-17-8-6-16(7-9-17)21-20-22(28)18-4-1-2-5-19(18)31-23(20)24(29)27(21)11-3-10-26-12-14-30-15-13-26/h6-9,18-19,21H,1-5,10-15H2. The van der Waals surface area contributed by atoms with E-state index in [0.29, 0.717) is 12.1 Å². The number of amides is 1. The fourth-order valence-corrected chi connectivity index (χ4v) is 5.40. The van der Waals surface area contributed by atoms with Crippen molar-refractivity contribution in [3.8, 4) is 0 Å². The first-order valence-corrected chi connectivity index (χ1v) is 11.4. The molecular formula is C24H29FN2O4. The summed E-state index contributed by atoms with van der Waals surface area (Å²) in [7, 11) is 0. The molecule has 0 radical (unpaired) electrons. The Morgan fingerprint density at radius 3 is 2.52 bits per heavy atom. The lowest BCUT2D eigenvalue weighted by atomic mass is 9.77. The van der Waals surface area contributed by atoms with Crippen LogP contribution in [0.15, 0.2) is 35.6 Å². The van der Waals surface area contributed by atoms with Crippen LogP contribution in [-0.4, -0.2) is 67.0 Å². The van der Waals surface area contributed by atoms with Gasteiger partial charge in [0.25, 0.3) is 5.91 Å². The Morgan fingerprint density at radius 2 is 1.74 bits per heavy atom. The molecule has 3 atom stereocenters. The topological polar surface area (TPSA) is 59.1 Å². The summed E-state index contributed by atoms with van der Waals surface area (Å²) in [6.45, 7) is 4.67. The van der Waals surface area contributed by atoms with Crippen molar-refractivity contribution >= 4 is 11.7 Å². The smallest absolute Gasteiger partial charge is 0.290 e. The minimum absolute atomic E-state index is 0.0457. The van der Waals surface area contributed by atoms with Gasteiger partial charge in [0.05, 0.1) is 30.7 Å². The van der Waals surface area contributed by atoms with Gasteiger partial charge in [-0.1, -0.05) is 18.6 Å². The van der Waals surface area contributed by atoms with Crippen LogP contribution >= 0.6 is 0 Å². The Labute approximate surface area is 182 Å². The van der Waals surface area contributed by atoms with E-state index in [-0.39, 0.29) is 35.3 Å². The summed E-state index contributed by atoms with van der Waals surface area (Å²) < 4.78 is 25.2. The molecule has 3 heterocycles. The molecule has 3 unspecified atom stereocenters. The van der Waals surface area contributed by atoms with E-state index in [9.17, 15) is 14.0 Å². The van der Waals surface area contributed by atoms with E-state index >= 15 is 0 Å². The SMILES string of the molecule is O=C1C2=C(OC3CCCCC13)C(=O)N(CCCN1CCOCC1)C2c1ccc(F)cc1. The first-order chi connectivity index (χ1) is 15.1. The zero-order chi connectivity index (χ0) is 21.4. The molecule has 0 bridgehead atoms. The van der Waals surface area contributed by atoms with Crippen LogP contribution in [0, 0.1) is 11.7 Å². The van der Waals surface area contributed by atoms with Gasteiger partial charge in [-0.3, -0.25) is 14.5 Å². The van der Waals surface area contributed by atoms with Crippen molar-refractivity contribution in [1.29, 1.82) is 0 Å². The molecule has 1 saturated carbocycles. The van der Waals surface area contributed by atoms with Crippen LogP contribution < -0.4 is 0 Å². The highest BCUT2D eigenvalue weighted by atomic mass is 19.1. The van der Waals surface area contributed by atoms with E-state index in [1.54, 1.807) is 17.0 Å². The number of halogens is 1. The van der Waals surface area contributed by atoms with Crippen molar-refractivity contribution in [2.24, 2.45) is 5.92 Å². The molecule has 0 N–H and O–H groups in total. The fourth-order valence-electron chi connectivity index (χ4n) is 5.40. The maximum Gasteiger partial charge on any atom is 0.290 e. The number of fused-ring (bicyclic) bond motifs is 1. The number of nitrogens with zero attached hydrogens (tertiary/aromatic N) is 2. The quantitative estimate of drug-likeness (QED) is 0.722. The number of rotatable bonds is 5. The van der Waals surface area contributed by atoms with E-state index in [0.717, 1.165) is 70.5 Å². The van der Waals surface area contributed by atoms with Crippen LogP contribution in [0.4, 0.5) is 4.39 Å². The number of benzene rings is 1. The van der Waals surface area contributed by atoms with E-state index in [2.05, 4.69) is 4.90 Å². The number of Topliss-reactive ketones (excluding diaryl/α,β-unsaturated/α-hetero) is 1. The van der Waals surface area contributed by atoms with Gasteiger partial charge in [0.2, 0.25) is 0 Å². The van der Waals surface area contributed by atoms with Crippen LogP contribution in [0.1, 0.15) is 43.7 Å². The second-order valence-corrected chi connectivity index (χ2v) is 8.91. The summed E-state index contributed by atoms with van der Waals surface area (Å²) in [5, 5.41) is 0. The number of carbonyl (C=O) groups excluding carboxylic acids is 2. The molecular weight excluding hydrogens is 399 g/mol. The minimum atomic E-state index is -0.497. The highest BCUT2D eigenvalue weighted by molar-refractivity contribution is 6.11. The van der Waals surface area contributed by atoms with Crippen LogP contribution in [0.3, 0.4) is 0 Å². The fraction of sp³-hybridized carbons (Fsp3) is 0.583. The Kier molecular flexibility index (Phi) is 5.80. The summed E-state index contributed by atoms with van der Waals surface area (Å²) in [6, 6.07) is 5.64. The van der Waals surface area contributed by atoms with Crippen molar-refractivity contribution in [3.05, 3.63) is 47.0 Å². The van der Waals surface area contributed by atoms with Gasteiger partial charge in [0.15, 0.2) is 11.5 Å². The van der Waals surface area contributed by atoms with Crippen molar-refractivity contribution in [3.63, 3.8) is 0 Å². The molecule has 7 heteroatoms. The third-order valence-corrected chi connectivity index (χ3v) is 7.02. The van der Waals surface area contributed by atoms with Gasteiger partial charge in [-0.2, -0.15) is 0 Å². The number of hydrogen-bond acceptors (Lipinski definition) is 5. The molecule has 5 rings (SSSR count). The van der Waals surface area contributed by atoms with Crippen molar-refractivity contribution in [2.45, 2.75) is 44.2 Å². The van der Waals surface area contributed by atoms with E-state index in [1.165, 1.54) is 12.1 Å². The number of morpholine rings is 1. The summed E-state index contributed by atoms with van der Waals surface area (Å²) in [4.78, 5) is 31.0. The summed E-state index contributed by atoms with van der Waals surface area (Å²) in [5.41, 5.74) is 1.24. The normalized spacial score (nSPS) is 29.1. The third kappa shape index (κ3) is 3.89. The molecule has 4 aliphatic rings. The maximum atomic E-state index is 13.6. The maximum absolute atomic E-state index is 13.6. The lowest BCUT2D eigenvalue weighted by Gasteiger charge is -2.35. The van der Waals surface area contributed by atoms with Gasteiger partial charge >= 0.3 is 0 Å². The van der Waals surface area contributed by atoms with Gasteiger partial charge < -0.3 is 14.4 Å². The lowest BCUT2D eigenvalue weighted by Crippen LogP contribution is -2.39. The second kappa shape index (κ2) is 8.71. The Balaban J connectivity index is 1.41. The highest BCUT2D eigenvalue weighted by Gasteiger charge is 2.51. The van der Waals surface area contributed by atoms with Gasteiger partial charge in [0, 0.05) is 26.2 Å². The number of ether oxygens (including phenoxy) is 2. The molecule has 0 spiro atoms. The van der Waals surface area contributed by atoms with Gasteiger partial charge in [-0.15, -0.1) is 0 Å². The van der Waals surface area contributed by atoms with Crippen LogP contribution in [0.25, 0.3) is 0 Å². The van der Waals surface area contributed by atoms with Gasteiger partial charge in [0.1, 0.15) is 11.9 Å². The molecule has 3 aliphatic heterocycles. The van der Waals surface area contributed by atoms with Crippen molar-refractivity contribution in [1.82, 2.24) is 9.80 Å². The Morgan fingerprint density at radius 1 is 1.00 bits per heavy atom. The monoisotopic (exact) mass is 428 g/mol. The van der Waals surface area contributed by atoms with Crippen LogP contribution in [0.5, 0.6) is 0 Å². The van der Waals surface area contributed by atoms with E-state index in [1.807, 2.05) is 0 Å². The predicted molar refractivity (Wildman–Crippen MR) is 112 cm³/mol. The average molecular weight is 429 g/mol. The Hall–Kier alpha value is -2.25. The number of ketones is 1. The predicted octanol–water partition coefficient (Wildman–Crippen LogP) is 2.84. The zero-order valence-electron chi connectivity index (χ0n) is 17.7. The van der Waals surface area contributed by atoms with Gasteiger partial charge in [-0.05, 0) is 43.4 Å². The largest absolute Gasteiger partial charge is 0.483 e. The van der Waals surface area contributed by atoms with Crippen molar-refractivity contribution in [2.75, 3.05) is 39.4 Å². The van der Waals surface area contributed by atoms with Crippen LogP contribution in [-0.2, 0) is 19.1 Å². The molecule has 1 aromatic carbocycles. The molecule has 1 aliphatic carbocycles. The second-order valence-electron chi connectivity index (χ2n) is 8.91. The summed E-state index contributed by atoms with van der Waals surface area (Å²) in [5.74, 6) is -0.432. The van der Waals surface area contributed by atoms with Crippen molar-refractivity contribution < 1.29 is 23.5 Å². The summed E-state index contributed by atoms with van der Waals surface area (Å²) >= 11 is 0. The highest BCUT2D eigenvalue weighted by Crippen LogP contribution is 2.46. The van der Waals surface area contributed by atoms with E-state index < -0.39 is 6.04 Å². The molecule has 166 valence electrons. The molecule has 31 heavy (non-hydrogen) atoms. The minimum Gasteiger partial charge on any atom is -0.483 e. The lowest BCUT2D eigenvalue weighted by molar-refractivity contribution is -0.135. The third-order valence-electron chi connectivity index (χ3n) is 7.02. The van der Waals surface area contributed by atoms with Gasteiger partial charge in [-0.25, -0.2) is 4.39 Å².